The molecule has 0 aliphatic rings. The van der Waals surface area contributed by atoms with Crippen molar-refractivity contribution in [3.05, 3.63) is 33.8 Å². The van der Waals surface area contributed by atoms with Gasteiger partial charge in [0.05, 0.1) is 16.6 Å². The van der Waals surface area contributed by atoms with Crippen LogP contribution in [0.5, 0.6) is 0 Å². The third kappa shape index (κ3) is 2.95. The van der Waals surface area contributed by atoms with Gasteiger partial charge in [-0.2, -0.15) is 8.78 Å². The molecule has 0 spiro atoms. The van der Waals surface area contributed by atoms with Crippen LogP contribution in [0.25, 0.3) is 0 Å². The third-order valence-electron chi connectivity index (χ3n) is 1.60. The number of nitrogens with two attached hydrogens (primary N) is 1. The molecule has 0 aliphatic carbocycles. The fraction of sp³-hybridized carbons (Fsp3) is 0.250. The van der Waals surface area contributed by atoms with Gasteiger partial charge in [0.15, 0.2) is 0 Å². The Morgan fingerprint density at radius 1 is 1.21 bits per heavy atom. The lowest BCUT2D eigenvalue weighted by Gasteiger charge is -2.14. The summed E-state index contributed by atoms with van der Waals surface area (Å²) in [5.74, 6) is -3.05. The summed E-state index contributed by atoms with van der Waals surface area (Å²) in [6.45, 7) is -0.745. The lowest BCUT2D eigenvalue weighted by molar-refractivity contribution is 0.00596. The highest BCUT2D eigenvalue weighted by molar-refractivity contribution is 6.42. The molecule has 2 N–H and O–H groups in total. The average Bonchev–Trinajstić information content (AvgIpc) is 2.09. The molecule has 0 atom stereocenters. The molecule has 1 rings (SSSR count). The molecule has 14 heavy (non-hydrogen) atoms. The summed E-state index contributed by atoms with van der Waals surface area (Å²) in [6.07, 6.45) is 0. The van der Waals surface area contributed by atoms with Crippen LogP contribution in [0.2, 0.25) is 10.0 Å². The summed E-state index contributed by atoms with van der Waals surface area (Å²) < 4.78 is 25.9. The predicted molar refractivity (Wildman–Crippen MR) is 56.7 cm³/mol. The molecule has 0 heterocycles. The molecule has 0 radical (unpaired) electrons. The highest BCUT2D eigenvalue weighted by atomic mass is 35.5. The summed E-state index contributed by atoms with van der Waals surface area (Å²) in [5.41, 5.74) is 4.68. The van der Waals surface area contributed by atoms with E-state index >= 15 is 0 Å². The second-order valence-electron chi connectivity index (χ2n) is 2.54. The average molecular weight is 263 g/mol. The molecule has 0 saturated heterocycles. The summed E-state index contributed by atoms with van der Waals surface area (Å²) >= 11 is 11.1. The molecule has 0 saturated carbocycles. The zero-order valence-electron chi connectivity index (χ0n) is 6.94. The van der Waals surface area contributed by atoms with Crippen molar-refractivity contribution in [3.8, 4) is 0 Å². The molecule has 0 fully saturated rings. The Hall–Kier alpha value is -0.0900. The first-order valence-corrected chi connectivity index (χ1v) is 4.26. The largest absolute Gasteiger partial charge is 0.325 e. The number of halogens is 5. The fourth-order valence-corrected chi connectivity index (χ4v) is 1.14. The Balaban J connectivity index is 0.00000169. The normalized spacial score (nSPS) is 10.9. The van der Waals surface area contributed by atoms with Gasteiger partial charge in [0.1, 0.15) is 0 Å². The first kappa shape index (κ1) is 13.9. The van der Waals surface area contributed by atoms with E-state index in [1.807, 2.05) is 0 Å². The molecule has 0 unspecified atom stereocenters. The Labute approximate surface area is 96.6 Å². The van der Waals surface area contributed by atoms with Gasteiger partial charge in [-0.15, -0.1) is 12.4 Å². The van der Waals surface area contributed by atoms with Crippen LogP contribution < -0.4 is 5.73 Å². The van der Waals surface area contributed by atoms with Crippen molar-refractivity contribution in [2.24, 2.45) is 5.73 Å². The zero-order chi connectivity index (χ0) is 10.1. The minimum Gasteiger partial charge on any atom is -0.325 e. The van der Waals surface area contributed by atoms with E-state index in [4.69, 9.17) is 28.9 Å². The minimum atomic E-state index is -3.05. The standard InChI is InChI=1S/C8H7Cl2F2N.ClH/c9-6-2-1-5(3-7(6)10)8(11,12)4-13;/h1-3H,4,13H2;1H. The molecule has 0 bridgehead atoms. The van der Waals surface area contributed by atoms with Gasteiger partial charge in [0.2, 0.25) is 0 Å². The van der Waals surface area contributed by atoms with Crippen molar-refractivity contribution in [2.45, 2.75) is 5.92 Å². The number of benzene rings is 1. The van der Waals surface area contributed by atoms with E-state index in [1.165, 1.54) is 12.1 Å². The summed E-state index contributed by atoms with van der Waals surface area (Å²) in [5, 5.41) is 0.352. The van der Waals surface area contributed by atoms with Crippen LogP contribution in [0.1, 0.15) is 5.56 Å². The van der Waals surface area contributed by atoms with Gasteiger partial charge in [-0.05, 0) is 12.1 Å². The lowest BCUT2D eigenvalue weighted by Crippen LogP contribution is -2.24. The van der Waals surface area contributed by atoms with Gasteiger partial charge in [-0.3, -0.25) is 0 Å². The number of hydrogen-bond acceptors (Lipinski definition) is 1. The van der Waals surface area contributed by atoms with Gasteiger partial charge in [0.25, 0.3) is 5.92 Å². The van der Waals surface area contributed by atoms with Crippen LogP contribution in [-0.2, 0) is 5.92 Å². The Morgan fingerprint density at radius 3 is 2.21 bits per heavy atom. The van der Waals surface area contributed by atoms with Gasteiger partial charge in [-0.1, -0.05) is 29.3 Å². The Morgan fingerprint density at radius 2 is 1.79 bits per heavy atom. The van der Waals surface area contributed by atoms with Crippen molar-refractivity contribution in [1.82, 2.24) is 0 Å². The first-order chi connectivity index (χ1) is 5.97. The van der Waals surface area contributed by atoms with E-state index in [-0.39, 0.29) is 28.0 Å². The SMILES string of the molecule is Cl.NCC(F)(F)c1ccc(Cl)c(Cl)c1. The van der Waals surface area contributed by atoms with Crippen molar-refractivity contribution >= 4 is 35.6 Å². The summed E-state index contributed by atoms with van der Waals surface area (Å²) in [6, 6.07) is 3.65. The van der Waals surface area contributed by atoms with Crippen LogP contribution in [0, 0.1) is 0 Å². The molecule has 1 nitrogen and oxygen atoms in total. The van der Waals surface area contributed by atoms with Crippen molar-refractivity contribution in [2.75, 3.05) is 6.54 Å². The van der Waals surface area contributed by atoms with E-state index in [2.05, 4.69) is 0 Å². The number of rotatable bonds is 2. The maximum atomic E-state index is 13.0. The second kappa shape index (κ2) is 5.12. The molecule has 0 aromatic heterocycles. The van der Waals surface area contributed by atoms with Crippen LogP contribution in [0.4, 0.5) is 8.78 Å². The second-order valence-corrected chi connectivity index (χ2v) is 3.35. The topological polar surface area (TPSA) is 26.0 Å². The van der Waals surface area contributed by atoms with E-state index in [0.29, 0.717) is 0 Å². The maximum Gasteiger partial charge on any atom is 0.285 e. The smallest absolute Gasteiger partial charge is 0.285 e. The Kier molecular flexibility index (Phi) is 5.09. The minimum absolute atomic E-state index is 0. The van der Waals surface area contributed by atoms with E-state index in [0.717, 1.165) is 6.07 Å². The molecule has 0 aliphatic heterocycles. The third-order valence-corrected chi connectivity index (χ3v) is 2.34. The van der Waals surface area contributed by atoms with E-state index in [1.54, 1.807) is 0 Å². The van der Waals surface area contributed by atoms with Gasteiger partial charge >= 0.3 is 0 Å². The van der Waals surface area contributed by atoms with Gasteiger partial charge in [-0.25, -0.2) is 0 Å². The molecule has 1 aromatic rings. The molecular formula is C8H8Cl3F2N. The van der Waals surface area contributed by atoms with Gasteiger partial charge in [0, 0.05) is 5.56 Å². The van der Waals surface area contributed by atoms with Crippen LogP contribution >= 0.6 is 35.6 Å². The van der Waals surface area contributed by atoms with Crippen molar-refractivity contribution in [3.63, 3.8) is 0 Å². The summed E-state index contributed by atoms with van der Waals surface area (Å²) in [7, 11) is 0. The first-order valence-electron chi connectivity index (χ1n) is 3.51. The fourth-order valence-electron chi connectivity index (χ4n) is 0.841. The number of hydrogen-bond donors (Lipinski definition) is 1. The number of alkyl halides is 2. The summed E-state index contributed by atoms with van der Waals surface area (Å²) in [4.78, 5) is 0. The monoisotopic (exact) mass is 261 g/mol. The highest BCUT2D eigenvalue weighted by Gasteiger charge is 2.29. The predicted octanol–water partition coefficient (Wildman–Crippen LogP) is 3.47. The van der Waals surface area contributed by atoms with E-state index < -0.39 is 12.5 Å². The van der Waals surface area contributed by atoms with Crippen molar-refractivity contribution < 1.29 is 8.78 Å². The van der Waals surface area contributed by atoms with E-state index in [9.17, 15) is 8.78 Å². The lowest BCUT2D eigenvalue weighted by atomic mass is 10.1. The molecular weight excluding hydrogens is 254 g/mol. The molecule has 80 valence electrons. The van der Waals surface area contributed by atoms with Crippen LogP contribution in [0.15, 0.2) is 18.2 Å². The molecule has 6 heteroatoms. The Bertz CT molecular complexity index is 317. The highest BCUT2D eigenvalue weighted by Crippen LogP contribution is 2.31. The zero-order valence-corrected chi connectivity index (χ0v) is 9.26. The van der Waals surface area contributed by atoms with Crippen LogP contribution in [-0.4, -0.2) is 6.54 Å². The maximum absolute atomic E-state index is 13.0. The van der Waals surface area contributed by atoms with Crippen LogP contribution in [0.3, 0.4) is 0 Å². The van der Waals surface area contributed by atoms with Gasteiger partial charge < -0.3 is 5.73 Å². The molecule has 0 amide bonds. The quantitative estimate of drug-likeness (QED) is 0.868. The van der Waals surface area contributed by atoms with Crippen molar-refractivity contribution in [1.29, 1.82) is 0 Å². The molecule has 1 aromatic carbocycles.